The minimum absolute atomic E-state index is 0.0587. The van der Waals surface area contributed by atoms with Crippen LogP contribution in [-0.2, 0) is 17.8 Å². The van der Waals surface area contributed by atoms with Crippen molar-refractivity contribution in [1.29, 1.82) is 0 Å². The molecular weight excluding hydrogens is 404 g/mol. The van der Waals surface area contributed by atoms with Crippen molar-refractivity contribution < 1.29 is 18.1 Å². The summed E-state index contributed by atoms with van der Waals surface area (Å²) in [6, 6.07) is 9.53. The van der Waals surface area contributed by atoms with Crippen LogP contribution in [0.3, 0.4) is 0 Å². The molecule has 1 saturated heterocycles. The van der Waals surface area contributed by atoms with Crippen LogP contribution in [0.1, 0.15) is 30.7 Å². The maximum atomic E-state index is 13.4. The third-order valence-electron chi connectivity index (χ3n) is 5.27. The summed E-state index contributed by atoms with van der Waals surface area (Å²) in [5.41, 5.74) is 1.36. The van der Waals surface area contributed by atoms with Gasteiger partial charge in [-0.25, -0.2) is 8.78 Å². The van der Waals surface area contributed by atoms with E-state index in [0.717, 1.165) is 37.6 Å². The number of carbonyl (C=O) groups is 1. The summed E-state index contributed by atoms with van der Waals surface area (Å²) in [5, 5.41) is 6.95. The maximum Gasteiger partial charge on any atom is 0.227 e. The van der Waals surface area contributed by atoms with Crippen LogP contribution in [0.4, 0.5) is 8.78 Å². The van der Waals surface area contributed by atoms with Gasteiger partial charge in [-0.2, -0.15) is 4.98 Å². The second kappa shape index (κ2) is 9.74. The molecule has 1 aromatic carbocycles. The fraction of sp³-hybridized carbons (Fsp3) is 0.364. The van der Waals surface area contributed by atoms with E-state index in [1.54, 1.807) is 18.3 Å². The highest BCUT2D eigenvalue weighted by molar-refractivity contribution is 5.76. The highest BCUT2D eigenvalue weighted by Gasteiger charge is 2.21. The Labute approximate surface area is 178 Å². The number of aromatic nitrogens is 3. The Kier molecular flexibility index (Phi) is 6.61. The van der Waals surface area contributed by atoms with E-state index in [2.05, 4.69) is 25.3 Å². The van der Waals surface area contributed by atoms with Crippen LogP contribution in [0.15, 0.2) is 47.1 Å². The van der Waals surface area contributed by atoms with Crippen LogP contribution in [0.25, 0.3) is 11.5 Å². The Balaban J connectivity index is 1.19. The van der Waals surface area contributed by atoms with E-state index in [-0.39, 0.29) is 18.4 Å². The van der Waals surface area contributed by atoms with E-state index in [1.165, 1.54) is 6.07 Å². The van der Waals surface area contributed by atoms with Crippen molar-refractivity contribution in [3.63, 3.8) is 0 Å². The van der Waals surface area contributed by atoms with Crippen LogP contribution < -0.4 is 5.32 Å². The molecule has 31 heavy (non-hydrogen) atoms. The zero-order chi connectivity index (χ0) is 21.6. The molecule has 1 aliphatic rings. The summed E-state index contributed by atoms with van der Waals surface area (Å²) in [7, 11) is 0. The Bertz CT molecular complexity index is 1020. The van der Waals surface area contributed by atoms with Gasteiger partial charge in [0.1, 0.15) is 5.69 Å². The second-order valence-electron chi connectivity index (χ2n) is 7.59. The third kappa shape index (κ3) is 5.69. The number of rotatable bonds is 7. The van der Waals surface area contributed by atoms with Gasteiger partial charge < -0.3 is 9.84 Å². The Morgan fingerprint density at radius 1 is 1.16 bits per heavy atom. The van der Waals surface area contributed by atoms with Crippen molar-refractivity contribution >= 4 is 5.91 Å². The van der Waals surface area contributed by atoms with Gasteiger partial charge in [0.2, 0.25) is 17.6 Å². The zero-order valence-corrected chi connectivity index (χ0v) is 16.9. The fourth-order valence-corrected chi connectivity index (χ4v) is 3.61. The molecule has 2 aromatic heterocycles. The summed E-state index contributed by atoms with van der Waals surface area (Å²) in [6.45, 7) is 2.12. The molecule has 1 fully saturated rings. The highest BCUT2D eigenvalue weighted by Crippen LogP contribution is 2.17. The highest BCUT2D eigenvalue weighted by atomic mass is 19.2. The first kappa shape index (κ1) is 21.0. The van der Waals surface area contributed by atoms with Gasteiger partial charge in [-0.3, -0.25) is 14.7 Å². The molecule has 0 bridgehead atoms. The number of hydrogen-bond acceptors (Lipinski definition) is 6. The van der Waals surface area contributed by atoms with E-state index >= 15 is 0 Å². The summed E-state index contributed by atoms with van der Waals surface area (Å²) in [6.07, 6.45) is 3.89. The molecule has 1 N–H and O–H groups in total. The summed E-state index contributed by atoms with van der Waals surface area (Å²) >= 11 is 0. The average Bonchev–Trinajstić information content (AvgIpc) is 3.26. The lowest BCUT2D eigenvalue weighted by Gasteiger charge is -2.32. The Morgan fingerprint density at radius 2 is 2.00 bits per heavy atom. The van der Waals surface area contributed by atoms with Crippen molar-refractivity contribution in [3.8, 4) is 11.5 Å². The standard InChI is InChI=1S/C22H23F2N5O2/c23-17-5-4-15(13-18(17)24)14-29-11-8-16(9-12-29)26-20(30)6-7-21-27-22(28-31-21)19-3-1-2-10-25-19/h1-5,10,13,16H,6-9,11-12,14H2,(H,26,30). The third-order valence-corrected chi connectivity index (χ3v) is 5.27. The summed E-state index contributed by atoms with van der Waals surface area (Å²) < 4.78 is 31.6. The maximum absolute atomic E-state index is 13.4. The van der Waals surface area contributed by atoms with Gasteiger partial charge in [0.25, 0.3) is 0 Å². The summed E-state index contributed by atoms with van der Waals surface area (Å²) in [4.78, 5) is 22.9. The average molecular weight is 427 g/mol. The van der Waals surface area contributed by atoms with Crippen molar-refractivity contribution in [2.45, 2.75) is 38.3 Å². The first-order chi connectivity index (χ1) is 15.1. The van der Waals surface area contributed by atoms with Crippen LogP contribution in [-0.4, -0.2) is 45.1 Å². The van der Waals surface area contributed by atoms with Crippen LogP contribution in [0, 0.1) is 11.6 Å². The van der Waals surface area contributed by atoms with E-state index < -0.39 is 11.6 Å². The molecule has 0 unspecified atom stereocenters. The van der Waals surface area contributed by atoms with Crippen LogP contribution in [0.5, 0.6) is 0 Å². The molecule has 3 heterocycles. The minimum atomic E-state index is -0.835. The summed E-state index contributed by atoms with van der Waals surface area (Å²) in [5.74, 6) is -0.912. The fourth-order valence-electron chi connectivity index (χ4n) is 3.61. The number of likely N-dealkylation sites (tertiary alicyclic amines) is 1. The molecule has 162 valence electrons. The minimum Gasteiger partial charge on any atom is -0.353 e. The van der Waals surface area contributed by atoms with Crippen molar-refractivity contribution in [1.82, 2.24) is 25.3 Å². The molecule has 3 aromatic rings. The lowest BCUT2D eigenvalue weighted by Crippen LogP contribution is -2.44. The van der Waals surface area contributed by atoms with Crippen LogP contribution in [0.2, 0.25) is 0 Å². The second-order valence-corrected chi connectivity index (χ2v) is 7.59. The molecule has 0 saturated carbocycles. The molecule has 1 amide bonds. The number of benzene rings is 1. The van der Waals surface area contributed by atoms with Crippen molar-refractivity contribution in [2.75, 3.05) is 13.1 Å². The molecule has 1 aliphatic heterocycles. The largest absolute Gasteiger partial charge is 0.353 e. The Hall–Kier alpha value is -3.20. The van der Waals surface area contributed by atoms with Gasteiger partial charge in [0, 0.05) is 44.7 Å². The monoisotopic (exact) mass is 427 g/mol. The molecule has 9 heteroatoms. The molecule has 7 nitrogen and oxygen atoms in total. The SMILES string of the molecule is O=C(CCc1nc(-c2ccccn2)no1)NC1CCN(Cc2ccc(F)c(F)c2)CC1. The van der Waals surface area contributed by atoms with Crippen LogP contribution >= 0.6 is 0 Å². The van der Waals surface area contributed by atoms with Gasteiger partial charge in [-0.15, -0.1) is 0 Å². The Morgan fingerprint density at radius 3 is 2.74 bits per heavy atom. The lowest BCUT2D eigenvalue weighted by atomic mass is 10.0. The topological polar surface area (TPSA) is 84.1 Å². The van der Waals surface area contributed by atoms with Gasteiger partial charge in [-0.05, 0) is 42.7 Å². The number of nitrogens with one attached hydrogen (secondary N) is 1. The molecule has 0 atom stereocenters. The number of carbonyl (C=O) groups excluding carboxylic acids is 1. The normalized spacial score (nSPS) is 15.2. The molecule has 0 aliphatic carbocycles. The zero-order valence-electron chi connectivity index (χ0n) is 16.9. The number of nitrogens with zero attached hydrogens (tertiary/aromatic N) is 4. The molecule has 0 spiro atoms. The first-order valence-corrected chi connectivity index (χ1v) is 10.3. The van der Waals surface area contributed by atoms with E-state index in [9.17, 15) is 13.6 Å². The van der Waals surface area contributed by atoms with Gasteiger partial charge in [0.15, 0.2) is 11.6 Å². The van der Waals surface area contributed by atoms with E-state index in [4.69, 9.17) is 4.52 Å². The quantitative estimate of drug-likeness (QED) is 0.624. The first-order valence-electron chi connectivity index (χ1n) is 10.3. The van der Waals surface area contributed by atoms with Gasteiger partial charge in [-0.1, -0.05) is 17.3 Å². The van der Waals surface area contributed by atoms with Gasteiger partial charge in [0.05, 0.1) is 0 Å². The molecule has 4 rings (SSSR count). The number of amides is 1. The van der Waals surface area contributed by atoms with Crippen molar-refractivity contribution in [2.24, 2.45) is 0 Å². The number of aryl methyl sites for hydroxylation is 1. The number of halogens is 2. The number of pyridine rings is 1. The molecular formula is C22H23F2N5O2. The number of hydrogen-bond donors (Lipinski definition) is 1. The van der Waals surface area contributed by atoms with Gasteiger partial charge >= 0.3 is 0 Å². The molecule has 0 radical (unpaired) electrons. The van der Waals surface area contributed by atoms with E-state index in [0.29, 0.717) is 30.4 Å². The number of piperidine rings is 1. The van der Waals surface area contributed by atoms with E-state index in [1.807, 2.05) is 12.1 Å². The predicted octanol–water partition coefficient (Wildman–Crippen LogP) is 3.12. The lowest BCUT2D eigenvalue weighted by molar-refractivity contribution is -0.122. The predicted molar refractivity (Wildman–Crippen MR) is 109 cm³/mol. The van der Waals surface area contributed by atoms with Crippen molar-refractivity contribution in [3.05, 3.63) is 65.7 Å². The smallest absolute Gasteiger partial charge is 0.227 e.